The number of hydrogen-bond donors (Lipinski definition) is 2. The summed E-state index contributed by atoms with van der Waals surface area (Å²) in [5.74, 6) is -0.585. The number of nitrogens with two attached hydrogens (primary N) is 1. The molecule has 0 saturated carbocycles. The predicted octanol–water partition coefficient (Wildman–Crippen LogP) is 2.20. The SMILES string of the molecule is CCc1ccc(C(=O)COC(=O)CCCCCNC(N)=O)cc1. The van der Waals surface area contributed by atoms with E-state index in [9.17, 15) is 14.4 Å². The summed E-state index contributed by atoms with van der Waals surface area (Å²) in [6, 6.07) is 6.75. The van der Waals surface area contributed by atoms with Crippen LogP contribution in [0.1, 0.15) is 48.5 Å². The van der Waals surface area contributed by atoms with Crippen LogP contribution >= 0.6 is 0 Å². The number of hydrogen-bond acceptors (Lipinski definition) is 4. The molecule has 6 heteroatoms. The molecule has 0 atom stereocenters. The van der Waals surface area contributed by atoms with Crippen molar-refractivity contribution >= 4 is 17.8 Å². The van der Waals surface area contributed by atoms with E-state index in [1.54, 1.807) is 12.1 Å². The molecule has 0 heterocycles. The summed E-state index contributed by atoms with van der Waals surface area (Å²) in [5.41, 5.74) is 6.64. The van der Waals surface area contributed by atoms with Crippen molar-refractivity contribution in [3.63, 3.8) is 0 Å². The number of unbranched alkanes of at least 4 members (excludes halogenated alkanes) is 2. The Labute approximate surface area is 136 Å². The normalized spacial score (nSPS) is 10.1. The minimum absolute atomic E-state index is 0.202. The lowest BCUT2D eigenvalue weighted by atomic mass is 10.1. The highest BCUT2D eigenvalue weighted by Crippen LogP contribution is 2.07. The van der Waals surface area contributed by atoms with Crippen LogP contribution in [0.5, 0.6) is 0 Å². The maximum atomic E-state index is 11.9. The highest BCUT2D eigenvalue weighted by atomic mass is 16.5. The number of urea groups is 1. The van der Waals surface area contributed by atoms with Crippen LogP contribution in [0.3, 0.4) is 0 Å². The number of nitrogens with one attached hydrogen (secondary N) is 1. The van der Waals surface area contributed by atoms with Gasteiger partial charge in [-0.2, -0.15) is 0 Å². The first kappa shape index (κ1) is 18.7. The third kappa shape index (κ3) is 7.99. The number of esters is 1. The van der Waals surface area contributed by atoms with E-state index in [0.29, 0.717) is 18.5 Å². The smallest absolute Gasteiger partial charge is 0.312 e. The molecule has 23 heavy (non-hydrogen) atoms. The van der Waals surface area contributed by atoms with Gasteiger partial charge < -0.3 is 15.8 Å². The van der Waals surface area contributed by atoms with Crippen molar-refractivity contribution in [3.8, 4) is 0 Å². The molecule has 0 bridgehead atoms. The number of ether oxygens (including phenoxy) is 1. The van der Waals surface area contributed by atoms with E-state index in [-0.39, 0.29) is 24.8 Å². The lowest BCUT2D eigenvalue weighted by Crippen LogP contribution is -2.29. The Hall–Kier alpha value is -2.37. The van der Waals surface area contributed by atoms with Crippen LogP contribution in [0, 0.1) is 0 Å². The van der Waals surface area contributed by atoms with Crippen molar-refractivity contribution in [1.82, 2.24) is 5.32 Å². The fraction of sp³-hybridized carbons (Fsp3) is 0.471. The van der Waals surface area contributed by atoms with Crippen LogP contribution in [0.2, 0.25) is 0 Å². The summed E-state index contributed by atoms with van der Waals surface area (Å²) in [7, 11) is 0. The highest BCUT2D eigenvalue weighted by Gasteiger charge is 2.09. The number of benzene rings is 1. The number of rotatable bonds is 10. The summed E-state index contributed by atoms with van der Waals surface area (Å²) in [6.07, 6.45) is 3.36. The first-order valence-electron chi connectivity index (χ1n) is 7.84. The summed E-state index contributed by atoms with van der Waals surface area (Å²) in [4.78, 5) is 33.9. The van der Waals surface area contributed by atoms with Crippen molar-refractivity contribution in [1.29, 1.82) is 0 Å². The highest BCUT2D eigenvalue weighted by molar-refractivity contribution is 5.97. The molecule has 0 aromatic heterocycles. The summed E-state index contributed by atoms with van der Waals surface area (Å²) >= 11 is 0. The number of ketones is 1. The monoisotopic (exact) mass is 320 g/mol. The van der Waals surface area contributed by atoms with E-state index in [1.165, 1.54) is 0 Å². The van der Waals surface area contributed by atoms with Gasteiger partial charge >= 0.3 is 12.0 Å². The zero-order chi connectivity index (χ0) is 17.1. The van der Waals surface area contributed by atoms with Gasteiger partial charge in [-0.25, -0.2) is 4.79 Å². The van der Waals surface area contributed by atoms with E-state index < -0.39 is 6.03 Å². The molecule has 0 spiro atoms. The molecule has 0 aliphatic heterocycles. The first-order chi connectivity index (χ1) is 11.0. The second kappa shape index (κ2) is 10.4. The number of carbonyl (C=O) groups excluding carboxylic acids is 3. The number of aryl methyl sites for hydroxylation is 1. The van der Waals surface area contributed by atoms with Gasteiger partial charge in [-0.1, -0.05) is 37.6 Å². The molecule has 126 valence electrons. The molecule has 1 rings (SSSR count). The quantitative estimate of drug-likeness (QED) is 0.392. The van der Waals surface area contributed by atoms with E-state index >= 15 is 0 Å². The van der Waals surface area contributed by atoms with Crippen LogP contribution in [-0.2, 0) is 16.0 Å². The molecule has 2 amide bonds. The van der Waals surface area contributed by atoms with Crippen LogP contribution in [-0.4, -0.2) is 30.9 Å². The van der Waals surface area contributed by atoms with Gasteiger partial charge in [0.05, 0.1) is 0 Å². The lowest BCUT2D eigenvalue weighted by Gasteiger charge is -2.05. The Morgan fingerprint density at radius 1 is 1.09 bits per heavy atom. The summed E-state index contributed by atoms with van der Waals surface area (Å²) < 4.78 is 4.98. The topological polar surface area (TPSA) is 98.5 Å². The molecule has 0 saturated heterocycles. The molecule has 0 fully saturated rings. The second-order valence-corrected chi connectivity index (χ2v) is 5.24. The number of primary amides is 1. The molecule has 0 aliphatic carbocycles. The van der Waals surface area contributed by atoms with Crippen LogP contribution in [0.4, 0.5) is 4.79 Å². The number of Topliss-reactive ketones (excluding diaryl/α,β-unsaturated/α-hetero) is 1. The van der Waals surface area contributed by atoms with Crippen LogP contribution in [0.15, 0.2) is 24.3 Å². The summed E-state index contributed by atoms with van der Waals surface area (Å²) in [5, 5.41) is 2.48. The van der Waals surface area contributed by atoms with E-state index in [1.807, 2.05) is 19.1 Å². The van der Waals surface area contributed by atoms with Crippen molar-refractivity contribution < 1.29 is 19.1 Å². The largest absolute Gasteiger partial charge is 0.457 e. The second-order valence-electron chi connectivity index (χ2n) is 5.24. The maximum Gasteiger partial charge on any atom is 0.312 e. The van der Waals surface area contributed by atoms with Crippen molar-refractivity contribution in [3.05, 3.63) is 35.4 Å². The Morgan fingerprint density at radius 3 is 2.39 bits per heavy atom. The summed E-state index contributed by atoms with van der Waals surface area (Å²) in [6.45, 7) is 2.31. The molecule has 6 nitrogen and oxygen atoms in total. The van der Waals surface area contributed by atoms with Gasteiger partial charge in [0.1, 0.15) is 0 Å². The van der Waals surface area contributed by atoms with Crippen LogP contribution in [0.25, 0.3) is 0 Å². The zero-order valence-electron chi connectivity index (χ0n) is 13.5. The maximum absolute atomic E-state index is 11.9. The van der Waals surface area contributed by atoms with Gasteiger partial charge in [0.15, 0.2) is 12.4 Å². The minimum atomic E-state index is -0.546. The minimum Gasteiger partial charge on any atom is -0.457 e. The van der Waals surface area contributed by atoms with Gasteiger partial charge in [0.25, 0.3) is 0 Å². The fourth-order valence-electron chi connectivity index (χ4n) is 2.01. The van der Waals surface area contributed by atoms with E-state index in [4.69, 9.17) is 10.5 Å². The average molecular weight is 320 g/mol. The Morgan fingerprint density at radius 2 is 1.78 bits per heavy atom. The molecule has 0 radical (unpaired) electrons. The van der Waals surface area contributed by atoms with Gasteiger partial charge in [0, 0.05) is 18.5 Å². The molecule has 3 N–H and O–H groups in total. The molecule has 0 aliphatic rings. The zero-order valence-corrected chi connectivity index (χ0v) is 13.5. The van der Waals surface area contributed by atoms with Crippen molar-refractivity contribution in [2.24, 2.45) is 5.73 Å². The predicted molar refractivity (Wildman–Crippen MR) is 87.2 cm³/mol. The van der Waals surface area contributed by atoms with E-state index in [0.717, 1.165) is 24.8 Å². The number of carbonyl (C=O) groups is 3. The lowest BCUT2D eigenvalue weighted by molar-refractivity contribution is -0.142. The third-order valence-electron chi connectivity index (χ3n) is 3.41. The van der Waals surface area contributed by atoms with Gasteiger partial charge in [0.2, 0.25) is 0 Å². The van der Waals surface area contributed by atoms with Gasteiger partial charge in [-0.15, -0.1) is 0 Å². The third-order valence-corrected chi connectivity index (χ3v) is 3.41. The first-order valence-corrected chi connectivity index (χ1v) is 7.84. The Kier molecular flexibility index (Phi) is 8.42. The molecule has 0 unspecified atom stereocenters. The fourth-order valence-corrected chi connectivity index (χ4v) is 2.01. The average Bonchev–Trinajstić information content (AvgIpc) is 2.55. The van der Waals surface area contributed by atoms with Gasteiger partial charge in [-0.05, 0) is 24.8 Å². The van der Waals surface area contributed by atoms with Crippen molar-refractivity contribution in [2.45, 2.75) is 39.0 Å². The van der Waals surface area contributed by atoms with E-state index in [2.05, 4.69) is 5.32 Å². The molecular formula is C17H24N2O4. The molecule has 1 aromatic carbocycles. The molecule has 1 aromatic rings. The Balaban J connectivity index is 2.17. The standard InChI is InChI=1S/C17H24N2O4/c1-2-13-7-9-14(10-8-13)15(20)12-23-16(21)6-4-3-5-11-19-17(18)22/h7-10H,2-6,11-12H2,1H3,(H3,18,19,22). The molecular weight excluding hydrogens is 296 g/mol. The van der Waals surface area contributed by atoms with Crippen molar-refractivity contribution in [2.75, 3.05) is 13.2 Å². The Bertz CT molecular complexity index is 526. The number of amides is 2. The van der Waals surface area contributed by atoms with Crippen LogP contribution < -0.4 is 11.1 Å². The van der Waals surface area contributed by atoms with Gasteiger partial charge in [-0.3, -0.25) is 9.59 Å².